The van der Waals surface area contributed by atoms with Crippen LogP contribution in [0.4, 0.5) is 11.5 Å². The molecule has 2 fully saturated rings. The van der Waals surface area contributed by atoms with E-state index in [0.717, 1.165) is 70.4 Å². The third-order valence-corrected chi connectivity index (χ3v) is 8.77. The van der Waals surface area contributed by atoms with Gasteiger partial charge in [0.25, 0.3) is 0 Å². The minimum atomic E-state index is 0.0128. The van der Waals surface area contributed by atoms with Crippen LogP contribution >= 0.6 is 11.3 Å². The molecule has 9 nitrogen and oxygen atoms in total. The standard InChI is InChI=1S/C26H28N6O3S/c1-14-12-34-5-4-32(14)26(33)15-2-3-18-22(7-15)36-25-23(18)24(29-13-30-25)31-20-6-16-9-28-19(16)8-21(20)35-17-10-27-11-17/h6,8-9,13-15,17,27H,2-5,7,10-12H2,1H3,(H,29,30,31). The normalized spacial score (nSPS) is 23.0. The molecule has 0 bridgehead atoms. The Bertz CT molecular complexity index is 1480. The van der Waals surface area contributed by atoms with E-state index in [1.54, 1.807) is 17.7 Å². The van der Waals surface area contributed by atoms with Crippen molar-refractivity contribution < 1.29 is 14.3 Å². The number of morpholine rings is 1. The van der Waals surface area contributed by atoms with Crippen LogP contribution < -0.4 is 25.9 Å². The van der Waals surface area contributed by atoms with Crippen molar-refractivity contribution in [2.45, 2.75) is 38.3 Å². The second kappa shape index (κ2) is 8.79. The van der Waals surface area contributed by atoms with E-state index >= 15 is 0 Å². The van der Waals surface area contributed by atoms with Crippen molar-refractivity contribution in [1.29, 1.82) is 0 Å². The summed E-state index contributed by atoms with van der Waals surface area (Å²) in [5.41, 5.74) is 2.16. The Hall–Kier alpha value is -3.08. The van der Waals surface area contributed by atoms with Crippen LogP contribution in [0.15, 0.2) is 23.5 Å². The van der Waals surface area contributed by atoms with E-state index < -0.39 is 0 Å². The largest absolute Gasteiger partial charge is 0.486 e. The molecular formula is C26H28N6O3S. The average molecular weight is 505 g/mol. The first-order valence-corrected chi connectivity index (χ1v) is 13.5. The zero-order valence-corrected chi connectivity index (χ0v) is 20.9. The van der Waals surface area contributed by atoms with Gasteiger partial charge in [0.2, 0.25) is 5.91 Å². The molecule has 0 saturated carbocycles. The number of amides is 1. The number of benzene rings is 1. The van der Waals surface area contributed by atoms with E-state index in [-0.39, 0.29) is 24.0 Å². The van der Waals surface area contributed by atoms with Crippen LogP contribution in [-0.2, 0) is 22.4 Å². The molecule has 1 aromatic carbocycles. The highest BCUT2D eigenvalue weighted by molar-refractivity contribution is 7.19. The number of fused-ring (bicyclic) bond motifs is 4. The topological polar surface area (TPSA) is 101 Å². The highest BCUT2D eigenvalue weighted by Crippen LogP contribution is 2.41. The molecule has 0 spiro atoms. The van der Waals surface area contributed by atoms with Gasteiger partial charge in [-0.2, -0.15) is 0 Å². The minimum absolute atomic E-state index is 0.0128. The molecule has 2 atom stereocenters. The fourth-order valence-electron chi connectivity index (χ4n) is 5.43. The number of ether oxygens (including phenoxy) is 2. The predicted molar refractivity (Wildman–Crippen MR) is 137 cm³/mol. The van der Waals surface area contributed by atoms with Gasteiger partial charge >= 0.3 is 0 Å². The van der Waals surface area contributed by atoms with Crippen molar-refractivity contribution in [2.24, 2.45) is 10.9 Å². The van der Waals surface area contributed by atoms with Gasteiger partial charge in [0.1, 0.15) is 28.8 Å². The summed E-state index contributed by atoms with van der Waals surface area (Å²) in [5.74, 6) is 1.85. The van der Waals surface area contributed by atoms with Gasteiger partial charge in [0.05, 0.1) is 35.7 Å². The average Bonchev–Trinajstić information content (AvgIpc) is 3.23. The summed E-state index contributed by atoms with van der Waals surface area (Å²) in [6.07, 6.45) is 6.09. The molecule has 36 heavy (non-hydrogen) atoms. The maximum Gasteiger partial charge on any atom is 0.226 e. The van der Waals surface area contributed by atoms with Gasteiger partial charge in [-0.25, -0.2) is 9.97 Å². The summed E-state index contributed by atoms with van der Waals surface area (Å²) in [6.45, 7) is 5.69. The molecular weight excluding hydrogens is 476 g/mol. The molecule has 10 heteroatoms. The number of hydrogen-bond donors (Lipinski definition) is 2. The van der Waals surface area contributed by atoms with Crippen molar-refractivity contribution in [1.82, 2.24) is 20.2 Å². The summed E-state index contributed by atoms with van der Waals surface area (Å²) < 4.78 is 11.8. The first-order chi connectivity index (χ1) is 17.6. The molecule has 3 aromatic rings. The molecule has 4 aliphatic rings. The number of hydrogen-bond acceptors (Lipinski definition) is 9. The van der Waals surface area contributed by atoms with E-state index in [0.29, 0.717) is 19.8 Å². The number of aromatic nitrogens is 2. The van der Waals surface area contributed by atoms with Crippen molar-refractivity contribution in [3.63, 3.8) is 0 Å². The lowest BCUT2D eigenvalue weighted by Gasteiger charge is -2.36. The number of thiophene rings is 1. The molecule has 2 N–H and O–H groups in total. The second-order valence-corrected chi connectivity index (χ2v) is 11.1. The summed E-state index contributed by atoms with van der Waals surface area (Å²) in [4.78, 5) is 31.1. The third kappa shape index (κ3) is 3.75. The predicted octanol–water partition coefficient (Wildman–Crippen LogP) is 1.51. The van der Waals surface area contributed by atoms with E-state index in [1.807, 2.05) is 17.2 Å². The van der Waals surface area contributed by atoms with Gasteiger partial charge in [-0.05, 0) is 37.8 Å². The fraction of sp³-hybridized carbons (Fsp3) is 0.462. The SMILES string of the molecule is CC1COCCN1C(=O)C1CCc2c(sc3ncnc(Nc4cc5c(cc4OC4CNC4)=NC=5)c23)C1. The van der Waals surface area contributed by atoms with Gasteiger partial charge in [0.15, 0.2) is 0 Å². The number of anilines is 2. The first kappa shape index (κ1) is 22.1. The number of rotatable bonds is 5. The van der Waals surface area contributed by atoms with Crippen LogP contribution in [0.1, 0.15) is 23.8 Å². The van der Waals surface area contributed by atoms with Gasteiger partial charge in [-0.3, -0.25) is 9.79 Å². The van der Waals surface area contributed by atoms with Gasteiger partial charge < -0.3 is 25.0 Å². The summed E-state index contributed by atoms with van der Waals surface area (Å²) in [5, 5.41) is 9.92. The molecule has 186 valence electrons. The quantitative estimate of drug-likeness (QED) is 0.543. The Morgan fingerprint density at radius 3 is 3.00 bits per heavy atom. The van der Waals surface area contributed by atoms with E-state index in [9.17, 15) is 4.79 Å². The highest BCUT2D eigenvalue weighted by Gasteiger charge is 2.34. The van der Waals surface area contributed by atoms with Gasteiger partial charge in [-0.15, -0.1) is 11.3 Å². The third-order valence-electron chi connectivity index (χ3n) is 7.61. The highest BCUT2D eigenvalue weighted by atomic mass is 32.1. The lowest BCUT2D eigenvalue weighted by atomic mass is 9.86. The smallest absolute Gasteiger partial charge is 0.226 e. The number of carbonyl (C=O) groups is 1. The van der Waals surface area contributed by atoms with Crippen LogP contribution in [0.5, 0.6) is 5.75 Å². The van der Waals surface area contributed by atoms with Crippen LogP contribution in [0.3, 0.4) is 0 Å². The van der Waals surface area contributed by atoms with Crippen LogP contribution in [0.2, 0.25) is 0 Å². The fourth-order valence-corrected chi connectivity index (χ4v) is 6.69. The molecule has 0 radical (unpaired) electrons. The van der Waals surface area contributed by atoms with Crippen molar-refractivity contribution in [3.8, 4) is 5.75 Å². The summed E-state index contributed by atoms with van der Waals surface area (Å²) in [7, 11) is 0. The molecule has 2 unspecified atom stereocenters. The molecule has 3 aliphatic heterocycles. The number of nitrogens with one attached hydrogen (secondary N) is 2. The van der Waals surface area contributed by atoms with E-state index in [2.05, 4.69) is 38.6 Å². The zero-order chi connectivity index (χ0) is 24.2. The van der Waals surface area contributed by atoms with Crippen molar-refractivity contribution in [2.75, 3.05) is 38.2 Å². The van der Waals surface area contributed by atoms with Crippen LogP contribution in [0.25, 0.3) is 16.4 Å². The maximum absolute atomic E-state index is 13.3. The lowest BCUT2D eigenvalue weighted by molar-refractivity contribution is -0.143. The number of carbonyl (C=O) groups excluding carboxylic acids is 1. The Balaban J connectivity index is 1.19. The number of aryl methyl sites for hydroxylation is 1. The Kier molecular flexibility index (Phi) is 5.41. The zero-order valence-electron chi connectivity index (χ0n) is 20.1. The molecule has 2 saturated heterocycles. The Morgan fingerprint density at radius 2 is 2.22 bits per heavy atom. The monoisotopic (exact) mass is 504 g/mol. The summed E-state index contributed by atoms with van der Waals surface area (Å²) in [6, 6.07) is 4.21. The molecule has 1 aliphatic carbocycles. The molecule has 5 heterocycles. The molecule has 7 rings (SSSR count). The van der Waals surface area contributed by atoms with E-state index in [4.69, 9.17) is 9.47 Å². The molecule has 2 aromatic heterocycles. The second-order valence-electron chi connectivity index (χ2n) is 9.99. The molecule has 1 amide bonds. The first-order valence-electron chi connectivity index (χ1n) is 12.6. The van der Waals surface area contributed by atoms with Gasteiger partial charge in [-0.1, -0.05) is 0 Å². The van der Waals surface area contributed by atoms with Crippen molar-refractivity contribution >= 4 is 45.2 Å². The van der Waals surface area contributed by atoms with Crippen LogP contribution in [-0.4, -0.2) is 65.8 Å². The Morgan fingerprint density at radius 1 is 1.31 bits per heavy atom. The maximum atomic E-state index is 13.3. The van der Waals surface area contributed by atoms with E-state index in [1.165, 1.54) is 10.4 Å². The lowest BCUT2D eigenvalue weighted by Crippen LogP contribution is -2.50. The summed E-state index contributed by atoms with van der Waals surface area (Å²) >= 11 is 1.69. The van der Waals surface area contributed by atoms with Crippen molar-refractivity contribution in [3.05, 3.63) is 39.5 Å². The van der Waals surface area contributed by atoms with Crippen LogP contribution in [0, 0.1) is 5.92 Å². The van der Waals surface area contributed by atoms with Gasteiger partial charge in [0, 0.05) is 47.9 Å². The number of nitrogens with zero attached hydrogens (tertiary/aromatic N) is 4. The Labute approximate surface area is 212 Å². The minimum Gasteiger partial charge on any atom is -0.486 e.